The van der Waals surface area contributed by atoms with Gasteiger partial charge in [-0.1, -0.05) is 24.3 Å². The summed E-state index contributed by atoms with van der Waals surface area (Å²) in [5, 5.41) is 2.78. The lowest BCUT2D eigenvalue weighted by Crippen LogP contribution is -2.42. The highest BCUT2D eigenvalue weighted by Crippen LogP contribution is 2.25. The lowest BCUT2D eigenvalue weighted by atomic mass is 9.97. The van der Waals surface area contributed by atoms with Crippen LogP contribution in [-0.2, 0) is 30.6 Å². The fourth-order valence-corrected chi connectivity index (χ4v) is 5.59. The van der Waals surface area contributed by atoms with Crippen molar-refractivity contribution in [3.63, 3.8) is 0 Å². The Morgan fingerprint density at radius 1 is 1.09 bits per heavy atom. The van der Waals surface area contributed by atoms with Crippen LogP contribution in [0.4, 0.5) is 15.8 Å². The fraction of sp³-hybridized carbons (Fsp3) is 0.381. The average molecular weight is 484 g/mol. The Labute approximate surface area is 188 Å². The highest BCUT2D eigenvalue weighted by atomic mass is 32.2. The molecule has 1 fully saturated rings. The standard InChI is InChI=1S/C21H26FN3O5S2/c1-24(31(2,27)28)19-8-5-7-18(14-19)23-21(26)16-10-12-25(13-11-16)32(29,30)15-17-6-3-4-9-20(17)22/h3-9,14,16H,10-13,15H2,1-2H3,(H,23,26). The number of sulfonamides is 2. The summed E-state index contributed by atoms with van der Waals surface area (Å²) < 4.78 is 65.0. The minimum atomic E-state index is -3.70. The van der Waals surface area contributed by atoms with Gasteiger partial charge in [0.1, 0.15) is 5.82 Å². The maximum atomic E-state index is 13.8. The van der Waals surface area contributed by atoms with Crippen LogP contribution in [0.2, 0.25) is 0 Å². The van der Waals surface area contributed by atoms with Crippen molar-refractivity contribution in [2.24, 2.45) is 5.92 Å². The normalized spacial score (nSPS) is 16.0. The molecule has 32 heavy (non-hydrogen) atoms. The van der Waals surface area contributed by atoms with Crippen molar-refractivity contribution < 1.29 is 26.0 Å². The first kappa shape index (κ1) is 24.1. The Morgan fingerprint density at radius 3 is 2.38 bits per heavy atom. The van der Waals surface area contributed by atoms with Crippen LogP contribution in [0.5, 0.6) is 0 Å². The van der Waals surface area contributed by atoms with E-state index in [4.69, 9.17) is 0 Å². The second kappa shape index (κ2) is 9.55. The summed E-state index contributed by atoms with van der Waals surface area (Å²) in [5.41, 5.74) is 0.989. The Morgan fingerprint density at radius 2 is 1.75 bits per heavy atom. The van der Waals surface area contributed by atoms with Gasteiger partial charge in [0.25, 0.3) is 0 Å². The Balaban J connectivity index is 1.60. The second-order valence-electron chi connectivity index (χ2n) is 7.79. The van der Waals surface area contributed by atoms with E-state index in [2.05, 4.69) is 5.32 Å². The number of piperidine rings is 1. The molecule has 8 nitrogen and oxygen atoms in total. The maximum absolute atomic E-state index is 13.8. The third-order valence-corrected chi connectivity index (χ3v) is 8.52. The van der Waals surface area contributed by atoms with Crippen LogP contribution in [0.3, 0.4) is 0 Å². The van der Waals surface area contributed by atoms with Gasteiger partial charge in [-0.05, 0) is 37.1 Å². The summed E-state index contributed by atoms with van der Waals surface area (Å²) in [4.78, 5) is 12.7. The van der Waals surface area contributed by atoms with Crippen molar-refractivity contribution in [1.29, 1.82) is 0 Å². The van der Waals surface area contributed by atoms with E-state index in [0.717, 1.165) is 10.6 Å². The molecule has 3 rings (SSSR count). The zero-order chi connectivity index (χ0) is 23.5. The minimum Gasteiger partial charge on any atom is -0.326 e. The molecule has 2 aromatic rings. The molecule has 1 aliphatic rings. The summed E-state index contributed by atoms with van der Waals surface area (Å²) in [7, 11) is -5.70. The summed E-state index contributed by atoms with van der Waals surface area (Å²) in [6.07, 6.45) is 1.77. The summed E-state index contributed by atoms with van der Waals surface area (Å²) in [6, 6.07) is 12.3. The number of carbonyl (C=O) groups excluding carboxylic acids is 1. The molecule has 11 heteroatoms. The maximum Gasteiger partial charge on any atom is 0.231 e. The molecule has 1 N–H and O–H groups in total. The molecule has 1 heterocycles. The second-order valence-corrected chi connectivity index (χ2v) is 11.8. The smallest absolute Gasteiger partial charge is 0.231 e. The summed E-state index contributed by atoms with van der Waals surface area (Å²) in [5.74, 6) is -1.62. The predicted octanol–water partition coefficient (Wildman–Crippen LogP) is 2.40. The largest absolute Gasteiger partial charge is 0.326 e. The predicted molar refractivity (Wildman–Crippen MR) is 122 cm³/mol. The molecule has 0 saturated carbocycles. The zero-order valence-corrected chi connectivity index (χ0v) is 19.5. The number of nitrogens with one attached hydrogen (secondary N) is 1. The molecule has 2 aromatic carbocycles. The van der Waals surface area contributed by atoms with Crippen LogP contribution < -0.4 is 9.62 Å². The summed E-state index contributed by atoms with van der Waals surface area (Å²) in [6.45, 7) is 0.345. The van der Waals surface area contributed by atoms with Crippen molar-refractivity contribution >= 4 is 37.3 Å². The van der Waals surface area contributed by atoms with E-state index in [1.165, 1.54) is 29.6 Å². The number of nitrogens with zero attached hydrogens (tertiary/aromatic N) is 2. The molecular formula is C21H26FN3O5S2. The van der Waals surface area contributed by atoms with Gasteiger partial charge in [0.15, 0.2) is 0 Å². The van der Waals surface area contributed by atoms with Gasteiger partial charge in [-0.15, -0.1) is 0 Å². The number of benzene rings is 2. The van der Waals surface area contributed by atoms with Gasteiger partial charge >= 0.3 is 0 Å². The highest BCUT2D eigenvalue weighted by molar-refractivity contribution is 7.92. The molecule has 0 aromatic heterocycles. The number of anilines is 2. The SMILES string of the molecule is CN(c1cccc(NC(=O)C2CCN(S(=O)(=O)Cc3ccccc3F)CC2)c1)S(C)(=O)=O. The van der Waals surface area contributed by atoms with Crippen molar-refractivity contribution in [3.05, 3.63) is 59.9 Å². The first-order valence-corrected chi connectivity index (χ1v) is 13.5. The number of hydrogen-bond donors (Lipinski definition) is 1. The lowest BCUT2D eigenvalue weighted by Gasteiger charge is -2.30. The number of hydrogen-bond acceptors (Lipinski definition) is 5. The van der Waals surface area contributed by atoms with Crippen molar-refractivity contribution in [2.45, 2.75) is 18.6 Å². The minimum absolute atomic E-state index is 0.117. The molecule has 0 radical (unpaired) electrons. The zero-order valence-electron chi connectivity index (χ0n) is 17.9. The quantitative estimate of drug-likeness (QED) is 0.651. The van der Waals surface area contributed by atoms with E-state index >= 15 is 0 Å². The van der Waals surface area contributed by atoms with Crippen LogP contribution in [-0.4, -0.2) is 53.4 Å². The van der Waals surface area contributed by atoms with Crippen LogP contribution >= 0.6 is 0 Å². The third kappa shape index (κ3) is 5.84. The molecule has 174 valence electrons. The first-order valence-electron chi connectivity index (χ1n) is 10.0. The molecule has 0 bridgehead atoms. The number of carbonyl (C=O) groups is 1. The van der Waals surface area contributed by atoms with E-state index in [1.807, 2.05) is 0 Å². The highest BCUT2D eigenvalue weighted by Gasteiger charge is 2.31. The first-order chi connectivity index (χ1) is 15.0. The molecule has 1 aliphatic heterocycles. The number of amides is 1. The van der Waals surface area contributed by atoms with Crippen LogP contribution in [0.15, 0.2) is 48.5 Å². The molecule has 0 spiro atoms. The topological polar surface area (TPSA) is 104 Å². The van der Waals surface area contributed by atoms with Gasteiger partial charge in [0, 0.05) is 37.3 Å². The summed E-state index contributed by atoms with van der Waals surface area (Å²) >= 11 is 0. The van der Waals surface area contributed by atoms with E-state index in [1.54, 1.807) is 30.3 Å². The Hall–Kier alpha value is -2.50. The molecule has 0 atom stereocenters. The molecule has 1 saturated heterocycles. The van der Waals surface area contributed by atoms with Gasteiger partial charge in [0.2, 0.25) is 26.0 Å². The Kier molecular flexibility index (Phi) is 7.21. The van der Waals surface area contributed by atoms with Gasteiger partial charge in [-0.25, -0.2) is 25.5 Å². The van der Waals surface area contributed by atoms with E-state index < -0.39 is 31.6 Å². The van der Waals surface area contributed by atoms with Crippen molar-refractivity contribution in [1.82, 2.24) is 4.31 Å². The van der Waals surface area contributed by atoms with E-state index in [0.29, 0.717) is 24.2 Å². The molecule has 1 amide bonds. The molecule has 0 unspecified atom stereocenters. The van der Waals surface area contributed by atoms with Crippen LogP contribution in [0.1, 0.15) is 18.4 Å². The Bertz CT molecular complexity index is 1190. The monoisotopic (exact) mass is 483 g/mol. The molecule has 0 aliphatic carbocycles. The van der Waals surface area contributed by atoms with E-state index in [-0.39, 0.29) is 30.5 Å². The van der Waals surface area contributed by atoms with Gasteiger partial charge in [-0.2, -0.15) is 0 Å². The fourth-order valence-electron chi connectivity index (χ4n) is 3.51. The van der Waals surface area contributed by atoms with Crippen LogP contribution in [0, 0.1) is 11.7 Å². The van der Waals surface area contributed by atoms with Crippen LogP contribution in [0.25, 0.3) is 0 Å². The third-order valence-electron chi connectivity index (χ3n) is 5.49. The molecular weight excluding hydrogens is 457 g/mol. The average Bonchev–Trinajstić information content (AvgIpc) is 2.74. The number of rotatable bonds is 7. The van der Waals surface area contributed by atoms with Gasteiger partial charge < -0.3 is 5.32 Å². The van der Waals surface area contributed by atoms with Crippen molar-refractivity contribution in [3.8, 4) is 0 Å². The van der Waals surface area contributed by atoms with E-state index in [9.17, 15) is 26.0 Å². The number of halogens is 1. The van der Waals surface area contributed by atoms with Gasteiger partial charge in [0.05, 0.1) is 17.7 Å². The lowest BCUT2D eigenvalue weighted by molar-refractivity contribution is -0.120. The van der Waals surface area contributed by atoms with Crippen molar-refractivity contribution in [2.75, 3.05) is 36.0 Å². The van der Waals surface area contributed by atoms with Gasteiger partial charge in [-0.3, -0.25) is 9.10 Å².